The van der Waals surface area contributed by atoms with Crippen molar-refractivity contribution in [3.05, 3.63) is 30.5 Å². The van der Waals surface area contributed by atoms with Gasteiger partial charge in [0.1, 0.15) is 5.54 Å². The number of hydrogen-bond donors (Lipinski definition) is 1. The van der Waals surface area contributed by atoms with Gasteiger partial charge in [0.15, 0.2) is 0 Å². The van der Waals surface area contributed by atoms with Crippen molar-refractivity contribution in [2.75, 3.05) is 11.4 Å². The van der Waals surface area contributed by atoms with Crippen LogP contribution in [-0.2, 0) is 4.79 Å². The third-order valence-electron chi connectivity index (χ3n) is 3.92. The summed E-state index contributed by atoms with van der Waals surface area (Å²) in [5, 5.41) is 18.5. The number of carboxylic acid groups (broad SMARTS) is 1. The van der Waals surface area contributed by atoms with Gasteiger partial charge in [-0.2, -0.15) is 10.2 Å². The molecular weight excluding hydrogens is 242 g/mol. The fourth-order valence-corrected chi connectivity index (χ4v) is 2.78. The van der Waals surface area contributed by atoms with Crippen LogP contribution in [0.25, 0.3) is 10.9 Å². The summed E-state index contributed by atoms with van der Waals surface area (Å²) in [5.41, 5.74) is 0.791. The molecule has 0 aliphatic carbocycles. The number of aliphatic carboxylic acids is 1. The number of carboxylic acids is 1. The Bertz CT molecular complexity index is 638. The average Bonchev–Trinajstić information content (AvgIpc) is 2.81. The molecule has 0 saturated carbocycles. The molecule has 3 rings (SSSR count). The fourth-order valence-electron chi connectivity index (χ4n) is 2.78. The van der Waals surface area contributed by atoms with E-state index in [1.165, 1.54) is 0 Å². The largest absolute Gasteiger partial charge is 0.480 e. The van der Waals surface area contributed by atoms with Crippen molar-refractivity contribution in [1.29, 1.82) is 0 Å². The van der Waals surface area contributed by atoms with Gasteiger partial charge in [0.25, 0.3) is 0 Å². The van der Waals surface area contributed by atoms with E-state index in [0.29, 0.717) is 6.42 Å². The molecule has 1 aliphatic heterocycles. The Kier molecular flexibility index (Phi) is 2.62. The first-order valence-electron chi connectivity index (χ1n) is 6.34. The number of hydrogen-bond acceptors (Lipinski definition) is 4. The molecule has 5 nitrogen and oxygen atoms in total. The molecule has 98 valence electrons. The van der Waals surface area contributed by atoms with Crippen LogP contribution in [0, 0.1) is 0 Å². The second-order valence-corrected chi connectivity index (χ2v) is 5.08. The van der Waals surface area contributed by atoms with Crippen LogP contribution in [0.3, 0.4) is 0 Å². The Morgan fingerprint density at radius 1 is 1.42 bits per heavy atom. The van der Waals surface area contributed by atoms with Gasteiger partial charge in [-0.1, -0.05) is 18.2 Å². The van der Waals surface area contributed by atoms with E-state index in [-0.39, 0.29) is 0 Å². The van der Waals surface area contributed by atoms with Gasteiger partial charge < -0.3 is 10.0 Å². The normalized spacial score (nSPS) is 22.9. The number of aromatic nitrogens is 2. The molecule has 0 spiro atoms. The van der Waals surface area contributed by atoms with Crippen LogP contribution in [0.5, 0.6) is 0 Å². The van der Waals surface area contributed by atoms with Crippen molar-refractivity contribution in [2.45, 2.75) is 25.3 Å². The minimum atomic E-state index is -0.855. The molecule has 1 fully saturated rings. The van der Waals surface area contributed by atoms with Gasteiger partial charge in [0.2, 0.25) is 0 Å². The van der Waals surface area contributed by atoms with Crippen LogP contribution in [-0.4, -0.2) is 33.4 Å². The van der Waals surface area contributed by atoms with Crippen LogP contribution in [0.15, 0.2) is 30.5 Å². The zero-order valence-corrected chi connectivity index (χ0v) is 10.7. The summed E-state index contributed by atoms with van der Waals surface area (Å²) in [6.45, 7) is 2.51. The van der Waals surface area contributed by atoms with Crippen molar-refractivity contribution in [1.82, 2.24) is 10.2 Å². The summed E-state index contributed by atoms with van der Waals surface area (Å²) in [4.78, 5) is 13.5. The van der Waals surface area contributed by atoms with Gasteiger partial charge in [-0.15, -0.1) is 0 Å². The van der Waals surface area contributed by atoms with E-state index in [2.05, 4.69) is 10.2 Å². The predicted octanol–water partition coefficient (Wildman–Crippen LogP) is 2.07. The van der Waals surface area contributed by atoms with Crippen LogP contribution < -0.4 is 4.90 Å². The molecule has 1 aliphatic rings. The van der Waals surface area contributed by atoms with E-state index in [0.717, 1.165) is 29.6 Å². The van der Waals surface area contributed by atoms with Crippen molar-refractivity contribution >= 4 is 22.6 Å². The second-order valence-electron chi connectivity index (χ2n) is 5.08. The number of carbonyl (C=O) groups is 1. The summed E-state index contributed by atoms with van der Waals surface area (Å²) < 4.78 is 0. The number of benzene rings is 1. The number of rotatable bonds is 2. The summed E-state index contributed by atoms with van der Waals surface area (Å²) >= 11 is 0. The molecule has 0 amide bonds. The third-order valence-corrected chi connectivity index (χ3v) is 3.92. The van der Waals surface area contributed by atoms with Crippen molar-refractivity contribution in [3.63, 3.8) is 0 Å². The first-order valence-corrected chi connectivity index (χ1v) is 6.34. The molecule has 0 bridgehead atoms. The van der Waals surface area contributed by atoms with Crippen LogP contribution >= 0.6 is 0 Å². The summed E-state index contributed by atoms with van der Waals surface area (Å²) in [6, 6.07) is 7.68. The molecule has 1 saturated heterocycles. The Hall–Kier alpha value is -2.17. The van der Waals surface area contributed by atoms with Gasteiger partial charge in [-0.25, -0.2) is 4.79 Å². The van der Waals surface area contributed by atoms with Gasteiger partial charge in [0.05, 0.1) is 17.4 Å². The van der Waals surface area contributed by atoms with E-state index >= 15 is 0 Å². The highest BCUT2D eigenvalue weighted by atomic mass is 16.4. The average molecular weight is 257 g/mol. The lowest BCUT2D eigenvalue weighted by Crippen LogP contribution is -2.48. The zero-order chi connectivity index (χ0) is 13.5. The lowest BCUT2D eigenvalue weighted by Gasteiger charge is -2.33. The molecule has 1 aromatic heterocycles. The van der Waals surface area contributed by atoms with Crippen LogP contribution in [0.2, 0.25) is 0 Å². The predicted molar refractivity (Wildman–Crippen MR) is 72.2 cm³/mol. The smallest absolute Gasteiger partial charge is 0.329 e. The number of anilines is 1. The number of fused-ring (bicyclic) bond motifs is 1. The second kappa shape index (κ2) is 4.19. The zero-order valence-electron chi connectivity index (χ0n) is 10.7. The molecular formula is C14H15N3O2. The molecule has 1 N–H and O–H groups in total. The highest BCUT2D eigenvalue weighted by Crippen LogP contribution is 2.36. The van der Waals surface area contributed by atoms with Gasteiger partial charge in [-0.3, -0.25) is 0 Å². The lowest BCUT2D eigenvalue weighted by molar-refractivity contribution is -0.142. The standard InChI is InChI=1S/C14H15N3O2/c1-14(13(18)19)7-4-8-17(14)12-9-15-16-11-6-3-2-5-10(11)12/h2-3,5-6,9H,4,7-8H2,1H3,(H,18,19). The summed E-state index contributed by atoms with van der Waals surface area (Å²) in [6.07, 6.45) is 3.19. The van der Waals surface area contributed by atoms with Gasteiger partial charge >= 0.3 is 5.97 Å². The Balaban J connectivity index is 2.17. The van der Waals surface area contributed by atoms with Gasteiger partial charge in [-0.05, 0) is 25.8 Å². The maximum atomic E-state index is 11.6. The lowest BCUT2D eigenvalue weighted by atomic mass is 9.98. The van der Waals surface area contributed by atoms with Crippen LogP contribution in [0.1, 0.15) is 19.8 Å². The molecule has 5 heteroatoms. The highest BCUT2D eigenvalue weighted by Gasteiger charge is 2.44. The maximum Gasteiger partial charge on any atom is 0.329 e. The van der Waals surface area contributed by atoms with Crippen molar-refractivity contribution < 1.29 is 9.90 Å². The molecule has 1 unspecified atom stereocenters. The Labute approximate surface area is 110 Å². The van der Waals surface area contributed by atoms with E-state index in [1.807, 2.05) is 29.2 Å². The molecule has 2 aromatic rings. The molecule has 19 heavy (non-hydrogen) atoms. The Morgan fingerprint density at radius 3 is 3.00 bits per heavy atom. The topological polar surface area (TPSA) is 66.3 Å². The molecule has 0 radical (unpaired) electrons. The highest BCUT2D eigenvalue weighted by molar-refractivity contribution is 5.94. The van der Waals surface area contributed by atoms with E-state index in [1.54, 1.807) is 13.1 Å². The minimum Gasteiger partial charge on any atom is -0.480 e. The molecule has 2 heterocycles. The SMILES string of the molecule is CC1(C(=O)O)CCCN1c1cnnc2ccccc12. The third kappa shape index (κ3) is 1.73. The Morgan fingerprint density at radius 2 is 2.21 bits per heavy atom. The van der Waals surface area contributed by atoms with E-state index in [4.69, 9.17) is 0 Å². The summed E-state index contributed by atoms with van der Waals surface area (Å²) in [5.74, 6) is -0.786. The van der Waals surface area contributed by atoms with E-state index in [9.17, 15) is 9.90 Å². The van der Waals surface area contributed by atoms with E-state index < -0.39 is 11.5 Å². The summed E-state index contributed by atoms with van der Waals surface area (Å²) in [7, 11) is 0. The molecule has 1 atom stereocenters. The van der Waals surface area contributed by atoms with Gasteiger partial charge in [0, 0.05) is 11.9 Å². The number of nitrogens with zero attached hydrogens (tertiary/aromatic N) is 3. The monoisotopic (exact) mass is 257 g/mol. The fraction of sp³-hybridized carbons (Fsp3) is 0.357. The first kappa shape index (κ1) is 11.9. The first-order chi connectivity index (χ1) is 9.13. The quantitative estimate of drug-likeness (QED) is 0.892. The minimum absolute atomic E-state index is 0.652. The maximum absolute atomic E-state index is 11.6. The molecule has 1 aromatic carbocycles. The van der Waals surface area contributed by atoms with Crippen LogP contribution in [0.4, 0.5) is 5.69 Å². The van der Waals surface area contributed by atoms with Crippen molar-refractivity contribution in [2.24, 2.45) is 0 Å². The van der Waals surface area contributed by atoms with Crippen molar-refractivity contribution in [3.8, 4) is 0 Å².